The number of carbonyl (C=O) groups excluding carboxylic acids is 1. The number of hydrogen-bond donors (Lipinski definition) is 3. The van der Waals surface area contributed by atoms with Crippen molar-refractivity contribution >= 4 is 29.2 Å². The first kappa shape index (κ1) is 17.3. The van der Waals surface area contributed by atoms with Crippen LogP contribution in [0, 0.1) is 5.92 Å². The Bertz CT molecular complexity index is 520. The fourth-order valence-corrected chi connectivity index (χ4v) is 2.04. The summed E-state index contributed by atoms with van der Waals surface area (Å²) in [4.78, 5) is 22.7. The minimum Gasteiger partial charge on any atom is -0.481 e. The second-order valence-corrected chi connectivity index (χ2v) is 5.69. The summed E-state index contributed by atoms with van der Waals surface area (Å²) < 4.78 is 0. The topological polar surface area (TPSA) is 92.4 Å². The number of nitrogens with one attached hydrogen (secondary N) is 1. The molecule has 1 aromatic rings. The molecule has 0 saturated carbocycles. The molecule has 0 fully saturated rings. The van der Waals surface area contributed by atoms with Gasteiger partial charge in [0.2, 0.25) is 0 Å². The number of hydrogen-bond acceptors (Lipinski definition) is 3. The highest BCUT2D eigenvalue weighted by Gasteiger charge is 2.13. The average Bonchev–Trinajstić information content (AvgIpc) is 2.41. The largest absolute Gasteiger partial charge is 0.481 e. The SMILES string of the molecule is CC(CCCC(C)C(=O)O)NC(=O)c1ccc(Cl)c(N)c1. The molecule has 6 heteroatoms. The predicted molar refractivity (Wildman–Crippen MR) is 83.4 cm³/mol. The van der Waals surface area contributed by atoms with Crippen LogP contribution in [0.15, 0.2) is 18.2 Å². The van der Waals surface area contributed by atoms with E-state index >= 15 is 0 Å². The van der Waals surface area contributed by atoms with Gasteiger partial charge in [-0.05, 0) is 38.0 Å². The maximum atomic E-state index is 12.0. The van der Waals surface area contributed by atoms with Gasteiger partial charge in [0.1, 0.15) is 0 Å². The van der Waals surface area contributed by atoms with Crippen LogP contribution in [0.5, 0.6) is 0 Å². The molecule has 4 N–H and O–H groups in total. The van der Waals surface area contributed by atoms with Gasteiger partial charge in [0.15, 0.2) is 0 Å². The van der Waals surface area contributed by atoms with Gasteiger partial charge in [-0.25, -0.2) is 0 Å². The van der Waals surface area contributed by atoms with Crippen LogP contribution in [0.3, 0.4) is 0 Å². The maximum Gasteiger partial charge on any atom is 0.306 e. The number of nitrogens with two attached hydrogens (primary N) is 1. The van der Waals surface area contributed by atoms with E-state index in [0.717, 1.165) is 12.8 Å². The van der Waals surface area contributed by atoms with Crippen molar-refractivity contribution in [2.45, 2.75) is 39.2 Å². The zero-order valence-electron chi connectivity index (χ0n) is 12.2. The third kappa shape index (κ3) is 5.63. The Labute approximate surface area is 129 Å². The molecule has 1 amide bonds. The molecule has 21 heavy (non-hydrogen) atoms. The highest BCUT2D eigenvalue weighted by Crippen LogP contribution is 2.19. The van der Waals surface area contributed by atoms with Crippen molar-refractivity contribution < 1.29 is 14.7 Å². The minimum atomic E-state index is -0.789. The highest BCUT2D eigenvalue weighted by molar-refractivity contribution is 6.33. The lowest BCUT2D eigenvalue weighted by Crippen LogP contribution is -2.32. The summed E-state index contributed by atoms with van der Waals surface area (Å²) in [7, 11) is 0. The summed E-state index contributed by atoms with van der Waals surface area (Å²) in [6.45, 7) is 3.57. The smallest absolute Gasteiger partial charge is 0.306 e. The Morgan fingerprint density at radius 3 is 2.57 bits per heavy atom. The lowest BCUT2D eigenvalue weighted by Gasteiger charge is -2.15. The van der Waals surface area contributed by atoms with E-state index in [0.29, 0.717) is 22.7 Å². The molecule has 2 unspecified atom stereocenters. The van der Waals surface area contributed by atoms with Crippen molar-refractivity contribution in [3.8, 4) is 0 Å². The molecule has 0 heterocycles. The molecule has 0 aliphatic heterocycles. The van der Waals surface area contributed by atoms with Crippen molar-refractivity contribution in [3.63, 3.8) is 0 Å². The van der Waals surface area contributed by atoms with Gasteiger partial charge in [0.05, 0.1) is 16.6 Å². The van der Waals surface area contributed by atoms with Gasteiger partial charge in [0.25, 0.3) is 5.91 Å². The van der Waals surface area contributed by atoms with Gasteiger partial charge < -0.3 is 16.2 Å². The number of carbonyl (C=O) groups is 2. The molecule has 0 saturated heterocycles. The molecule has 0 spiro atoms. The van der Waals surface area contributed by atoms with Crippen LogP contribution in [0.4, 0.5) is 5.69 Å². The second kappa shape index (κ2) is 7.88. The Kier molecular flexibility index (Phi) is 6.49. The summed E-state index contributed by atoms with van der Waals surface area (Å²) >= 11 is 5.81. The van der Waals surface area contributed by atoms with E-state index in [1.54, 1.807) is 19.1 Å². The van der Waals surface area contributed by atoms with E-state index in [-0.39, 0.29) is 17.9 Å². The molecule has 1 aromatic carbocycles. The number of carboxylic acid groups (broad SMARTS) is 1. The number of rotatable bonds is 7. The zero-order chi connectivity index (χ0) is 16.0. The van der Waals surface area contributed by atoms with E-state index in [9.17, 15) is 9.59 Å². The molecule has 2 atom stereocenters. The van der Waals surface area contributed by atoms with Crippen LogP contribution in [0.1, 0.15) is 43.5 Å². The summed E-state index contributed by atoms with van der Waals surface area (Å²) in [5, 5.41) is 12.1. The van der Waals surface area contributed by atoms with Gasteiger partial charge in [0, 0.05) is 11.6 Å². The molecule has 0 radical (unpaired) electrons. The van der Waals surface area contributed by atoms with Gasteiger partial charge in [-0.2, -0.15) is 0 Å². The summed E-state index contributed by atoms with van der Waals surface area (Å²) in [5.74, 6) is -1.36. The number of carboxylic acids is 1. The van der Waals surface area contributed by atoms with E-state index < -0.39 is 5.97 Å². The zero-order valence-corrected chi connectivity index (χ0v) is 13.0. The predicted octanol–water partition coefficient (Wildman–Crippen LogP) is 2.93. The number of amides is 1. The molecular weight excluding hydrogens is 292 g/mol. The molecule has 0 aromatic heterocycles. The first-order chi connectivity index (χ1) is 9.81. The molecule has 116 valence electrons. The third-order valence-corrected chi connectivity index (χ3v) is 3.68. The van der Waals surface area contributed by atoms with Crippen molar-refractivity contribution in [2.24, 2.45) is 5.92 Å². The molecular formula is C15H21ClN2O3. The summed E-state index contributed by atoms with van der Waals surface area (Å²) in [5.41, 5.74) is 6.49. The van der Waals surface area contributed by atoms with Crippen LogP contribution in [-0.2, 0) is 4.79 Å². The first-order valence-electron chi connectivity index (χ1n) is 6.90. The van der Waals surface area contributed by atoms with Crippen LogP contribution in [0.2, 0.25) is 5.02 Å². The molecule has 0 bridgehead atoms. The molecule has 0 aliphatic carbocycles. The number of benzene rings is 1. The van der Waals surface area contributed by atoms with Gasteiger partial charge in [-0.15, -0.1) is 0 Å². The Morgan fingerprint density at radius 2 is 2.00 bits per heavy atom. The van der Waals surface area contributed by atoms with Crippen molar-refractivity contribution in [1.82, 2.24) is 5.32 Å². The summed E-state index contributed by atoms with van der Waals surface area (Å²) in [6.07, 6.45) is 2.08. The average molecular weight is 313 g/mol. The van der Waals surface area contributed by atoms with Crippen LogP contribution >= 0.6 is 11.6 Å². The first-order valence-corrected chi connectivity index (χ1v) is 7.27. The van der Waals surface area contributed by atoms with Crippen molar-refractivity contribution in [3.05, 3.63) is 28.8 Å². The Hall–Kier alpha value is -1.75. The maximum absolute atomic E-state index is 12.0. The lowest BCUT2D eigenvalue weighted by molar-refractivity contribution is -0.141. The molecule has 0 aliphatic rings. The van der Waals surface area contributed by atoms with E-state index in [2.05, 4.69) is 5.32 Å². The normalized spacial score (nSPS) is 13.5. The van der Waals surface area contributed by atoms with Crippen LogP contribution in [-0.4, -0.2) is 23.0 Å². The number of halogens is 1. The fourth-order valence-electron chi connectivity index (χ4n) is 1.92. The quantitative estimate of drug-likeness (QED) is 0.675. The van der Waals surface area contributed by atoms with Crippen molar-refractivity contribution in [1.29, 1.82) is 0 Å². The van der Waals surface area contributed by atoms with Crippen LogP contribution < -0.4 is 11.1 Å². The van der Waals surface area contributed by atoms with E-state index in [4.69, 9.17) is 22.4 Å². The number of aliphatic carboxylic acids is 1. The highest BCUT2D eigenvalue weighted by atomic mass is 35.5. The third-order valence-electron chi connectivity index (χ3n) is 3.33. The Balaban J connectivity index is 2.43. The fraction of sp³-hybridized carbons (Fsp3) is 0.467. The number of nitrogen functional groups attached to an aromatic ring is 1. The molecule has 1 rings (SSSR count). The van der Waals surface area contributed by atoms with Gasteiger partial charge >= 0.3 is 5.97 Å². The van der Waals surface area contributed by atoms with Crippen LogP contribution in [0.25, 0.3) is 0 Å². The van der Waals surface area contributed by atoms with Crippen molar-refractivity contribution in [2.75, 3.05) is 5.73 Å². The standard InChI is InChI=1S/C15H21ClN2O3/c1-9(15(20)21)4-3-5-10(2)18-14(19)11-6-7-12(16)13(17)8-11/h6-10H,3-5,17H2,1-2H3,(H,18,19)(H,20,21). The second-order valence-electron chi connectivity index (χ2n) is 5.28. The molecule has 5 nitrogen and oxygen atoms in total. The minimum absolute atomic E-state index is 0.0320. The van der Waals surface area contributed by atoms with Gasteiger partial charge in [-0.3, -0.25) is 9.59 Å². The van der Waals surface area contributed by atoms with E-state index in [1.807, 2.05) is 6.92 Å². The van der Waals surface area contributed by atoms with E-state index in [1.165, 1.54) is 6.07 Å². The number of anilines is 1. The monoisotopic (exact) mass is 312 g/mol. The van der Waals surface area contributed by atoms with Gasteiger partial charge in [-0.1, -0.05) is 24.9 Å². The Morgan fingerprint density at radius 1 is 1.33 bits per heavy atom. The summed E-state index contributed by atoms with van der Waals surface area (Å²) in [6, 6.07) is 4.71. The lowest BCUT2D eigenvalue weighted by atomic mass is 10.0.